The topological polar surface area (TPSA) is 286 Å². The molecule has 2 fully saturated rings. The van der Waals surface area contributed by atoms with Gasteiger partial charge in [-0.3, -0.25) is 14.0 Å². The summed E-state index contributed by atoms with van der Waals surface area (Å²) in [5.41, 5.74) is -8.27. The van der Waals surface area contributed by atoms with E-state index in [1.54, 1.807) is 37.5 Å². The maximum absolute atomic E-state index is 11.3. The number of H-pyrrole nitrogens is 1. The Morgan fingerprint density at radius 3 is 1.75 bits per heavy atom. The number of aromatic amines is 1. The summed E-state index contributed by atoms with van der Waals surface area (Å²) in [5, 5.41) is 63.8. The van der Waals surface area contributed by atoms with Gasteiger partial charge in [0.05, 0.1) is 45.4 Å². The van der Waals surface area contributed by atoms with Crippen LogP contribution in [0.5, 0.6) is 0 Å². The van der Waals surface area contributed by atoms with Crippen molar-refractivity contribution in [3.8, 4) is 0 Å². The van der Waals surface area contributed by atoms with E-state index < -0.39 is 58.3 Å². The number of imidazole rings is 2. The molecule has 0 radical (unpaired) electrons. The monoisotopic (exact) mass is 808 g/mol. The molecule has 0 aromatic carbocycles. The number of nitrogens with zero attached hydrogens (tertiary/aromatic N) is 7. The summed E-state index contributed by atoms with van der Waals surface area (Å²) in [6.45, 7) is 18.8. The summed E-state index contributed by atoms with van der Waals surface area (Å²) >= 11 is 5.15. The van der Waals surface area contributed by atoms with Gasteiger partial charge in [0.1, 0.15) is 51.1 Å². The first kappa shape index (κ1) is 46.5. The Kier molecular flexibility index (Phi) is 13.5. The smallest absolute Gasteiger partial charge is 0.181 e. The molecule has 2 aliphatic heterocycles. The second-order valence-corrected chi connectivity index (χ2v) is 15.0. The standard InChI is InChI=1S/C17H25N5O5.C14H20N4O4S.C3H7NO.CH4/c1-6-7-26-21-12-11-13(19-9-18-12)22(10-20-11)17(5)16(4,25)15(3,24)14(2,8-23)27-17;1-11(5-19)12(2,20)13(3,21)14(4,22-11)18-7-17-8-9(18)15-6-16-10(8)23;1-2-3-5-4;/h6,9-10,23-25H,1,7-8H2,2-5H3,(H,18,19,21);6-7,19-21H,5H2,1-4H3,(H,15,16,23);2H,1,3-4H2;1H4. The number of hydrogen-bond donors (Lipinski definition) is 9. The highest BCUT2D eigenvalue weighted by Crippen LogP contribution is 2.56. The van der Waals surface area contributed by atoms with Crippen molar-refractivity contribution in [1.29, 1.82) is 0 Å². The Balaban J connectivity index is 0.000000266. The third kappa shape index (κ3) is 6.84. The SMILES string of the molecule is C.C=CCON.C=CCONc1ncnc2c1ncn2C1(C)OC(C)(CO)C(C)(O)C1(C)O.CC1(CO)OC(C)(n2cnc3c(=S)nc[nH]c32)C(C)(O)C1(C)O. The van der Waals surface area contributed by atoms with Gasteiger partial charge in [-0.2, -0.15) is 0 Å². The summed E-state index contributed by atoms with van der Waals surface area (Å²) in [4.78, 5) is 33.1. The molecule has 4 aromatic heterocycles. The zero-order chi connectivity index (χ0) is 41.5. The summed E-state index contributed by atoms with van der Waals surface area (Å²) in [7, 11) is 0. The van der Waals surface area contributed by atoms with Crippen molar-refractivity contribution >= 4 is 40.4 Å². The van der Waals surface area contributed by atoms with Crippen molar-refractivity contribution < 1.29 is 49.8 Å². The highest BCUT2D eigenvalue weighted by Gasteiger charge is 2.74. The molecule has 2 aliphatic rings. The maximum atomic E-state index is 11.3. The normalized spacial score (nSPS) is 34.9. The molecule has 0 aliphatic carbocycles. The minimum atomic E-state index is -1.79. The van der Waals surface area contributed by atoms with Crippen LogP contribution in [-0.2, 0) is 30.6 Å². The molecule has 20 nitrogen and oxygen atoms in total. The summed E-state index contributed by atoms with van der Waals surface area (Å²) < 4.78 is 15.5. The van der Waals surface area contributed by atoms with Gasteiger partial charge in [-0.05, 0) is 55.4 Å². The molecule has 312 valence electrons. The Bertz CT molecular complexity index is 2070. The lowest BCUT2D eigenvalue weighted by Crippen LogP contribution is -2.63. The van der Waals surface area contributed by atoms with Crippen LogP contribution in [0.4, 0.5) is 5.82 Å². The van der Waals surface area contributed by atoms with Crippen molar-refractivity contribution in [3.63, 3.8) is 0 Å². The van der Waals surface area contributed by atoms with E-state index >= 15 is 0 Å². The number of rotatable bonds is 10. The van der Waals surface area contributed by atoms with E-state index in [0.29, 0.717) is 39.4 Å². The van der Waals surface area contributed by atoms with E-state index in [0.717, 1.165) is 0 Å². The van der Waals surface area contributed by atoms with Crippen LogP contribution < -0.4 is 11.4 Å². The largest absolute Gasteiger partial charge is 0.393 e. The molecule has 6 heterocycles. The van der Waals surface area contributed by atoms with Gasteiger partial charge >= 0.3 is 0 Å². The van der Waals surface area contributed by atoms with Crippen molar-refractivity contribution in [3.05, 3.63) is 55.3 Å². The van der Waals surface area contributed by atoms with Gasteiger partial charge in [0, 0.05) is 0 Å². The fourth-order valence-electron chi connectivity index (χ4n) is 6.79. The summed E-state index contributed by atoms with van der Waals surface area (Å²) in [6.07, 6.45) is 8.81. The number of fused-ring (bicyclic) bond motifs is 2. The van der Waals surface area contributed by atoms with Crippen LogP contribution in [0.25, 0.3) is 22.3 Å². The average Bonchev–Trinajstić information content (AvgIpc) is 3.83. The third-order valence-corrected chi connectivity index (χ3v) is 11.7. The molecule has 0 amide bonds. The number of aromatic nitrogens is 8. The minimum absolute atomic E-state index is 0. The van der Waals surface area contributed by atoms with Crippen LogP contribution in [0.15, 0.2) is 50.6 Å². The molecule has 4 aromatic rings. The zero-order valence-corrected chi connectivity index (χ0v) is 33.0. The van der Waals surface area contributed by atoms with E-state index in [2.05, 4.69) is 59.3 Å². The number of aliphatic hydroxyl groups is 6. The van der Waals surface area contributed by atoms with E-state index in [9.17, 15) is 30.6 Å². The van der Waals surface area contributed by atoms with E-state index in [1.807, 2.05) is 0 Å². The van der Waals surface area contributed by atoms with Crippen LogP contribution in [0.2, 0.25) is 0 Å². The van der Waals surface area contributed by atoms with Crippen LogP contribution in [0.3, 0.4) is 0 Å². The predicted molar refractivity (Wildman–Crippen MR) is 208 cm³/mol. The molecule has 8 unspecified atom stereocenters. The van der Waals surface area contributed by atoms with Crippen molar-refractivity contribution in [2.75, 3.05) is 31.9 Å². The highest BCUT2D eigenvalue weighted by molar-refractivity contribution is 7.71. The van der Waals surface area contributed by atoms with Crippen molar-refractivity contribution in [2.45, 2.75) is 108 Å². The molecular formula is C35H56N10O10S. The van der Waals surface area contributed by atoms with Crippen molar-refractivity contribution in [2.24, 2.45) is 5.90 Å². The molecule has 21 heteroatoms. The molecular weight excluding hydrogens is 753 g/mol. The van der Waals surface area contributed by atoms with Gasteiger partial charge in [-0.15, -0.1) is 13.2 Å². The Morgan fingerprint density at radius 1 is 0.786 bits per heavy atom. The summed E-state index contributed by atoms with van der Waals surface area (Å²) in [5.74, 6) is 4.90. The quantitative estimate of drug-likeness (QED) is 0.0474. The number of nitrogens with one attached hydrogen (secondary N) is 2. The lowest BCUT2D eigenvalue weighted by Gasteiger charge is -2.42. The third-order valence-electron chi connectivity index (χ3n) is 11.4. The number of nitrogens with two attached hydrogens (primary N) is 1. The number of ether oxygens (including phenoxy) is 2. The Morgan fingerprint density at radius 2 is 1.29 bits per heavy atom. The van der Waals surface area contributed by atoms with Crippen LogP contribution in [0, 0.1) is 4.64 Å². The number of hydrogen-bond acceptors (Lipinski definition) is 18. The molecule has 0 bridgehead atoms. The van der Waals surface area contributed by atoms with Crippen LogP contribution in [-0.4, -0.2) is 130 Å². The lowest BCUT2D eigenvalue weighted by atomic mass is 9.73. The number of anilines is 1. The van der Waals surface area contributed by atoms with E-state index in [4.69, 9.17) is 26.5 Å². The zero-order valence-electron chi connectivity index (χ0n) is 32.1. The van der Waals surface area contributed by atoms with Gasteiger partial charge in [-0.1, -0.05) is 31.8 Å². The maximum Gasteiger partial charge on any atom is 0.181 e. The first-order valence-electron chi connectivity index (χ1n) is 17.0. The second-order valence-electron chi connectivity index (χ2n) is 14.6. The fourth-order valence-corrected chi connectivity index (χ4v) is 6.99. The van der Waals surface area contributed by atoms with Crippen LogP contribution in [0.1, 0.15) is 62.8 Å². The molecule has 2 saturated heterocycles. The molecule has 10 N–H and O–H groups in total. The lowest BCUT2D eigenvalue weighted by molar-refractivity contribution is -0.192. The fraction of sp³-hybridized carbons (Fsp3) is 0.600. The minimum Gasteiger partial charge on any atom is -0.393 e. The molecule has 6 rings (SSSR count). The Hall–Kier alpha value is -3.84. The van der Waals surface area contributed by atoms with Crippen molar-refractivity contribution in [1.82, 2.24) is 39.0 Å². The number of aliphatic hydroxyl groups excluding tert-OH is 2. The Labute approximate surface area is 329 Å². The molecule has 8 atom stereocenters. The van der Waals surface area contributed by atoms with Gasteiger partial charge in [-0.25, -0.2) is 36.3 Å². The van der Waals surface area contributed by atoms with E-state index in [-0.39, 0.29) is 14.0 Å². The molecule has 56 heavy (non-hydrogen) atoms. The predicted octanol–water partition coefficient (Wildman–Crippen LogP) is 1.46. The van der Waals surface area contributed by atoms with Gasteiger partial charge in [0.15, 0.2) is 33.1 Å². The van der Waals surface area contributed by atoms with Gasteiger partial charge < -0.3 is 49.9 Å². The first-order chi connectivity index (χ1) is 25.5. The van der Waals surface area contributed by atoms with Crippen LogP contribution >= 0.6 is 12.2 Å². The molecule has 0 spiro atoms. The molecule has 0 saturated carbocycles. The van der Waals surface area contributed by atoms with E-state index in [1.165, 1.54) is 64.5 Å². The van der Waals surface area contributed by atoms with Gasteiger partial charge in [0.2, 0.25) is 0 Å². The average molecular weight is 809 g/mol. The first-order valence-corrected chi connectivity index (χ1v) is 17.4. The highest BCUT2D eigenvalue weighted by atomic mass is 32.1. The summed E-state index contributed by atoms with van der Waals surface area (Å²) in [6, 6.07) is 0. The van der Waals surface area contributed by atoms with Gasteiger partial charge in [0.25, 0.3) is 0 Å². The second kappa shape index (κ2) is 16.2.